The molecule has 0 fully saturated rings. The van der Waals surface area contributed by atoms with Crippen LogP contribution in [0.3, 0.4) is 0 Å². The number of halogens is 1. The summed E-state index contributed by atoms with van der Waals surface area (Å²) >= 11 is 5.91. The summed E-state index contributed by atoms with van der Waals surface area (Å²) in [6, 6.07) is 5.13. The van der Waals surface area contributed by atoms with Gasteiger partial charge in [-0.1, -0.05) is 16.8 Å². The van der Waals surface area contributed by atoms with E-state index in [-0.39, 0.29) is 5.91 Å². The van der Waals surface area contributed by atoms with Crippen molar-refractivity contribution >= 4 is 23.2 Å². The Morgan fingerprint density at radius 1 is 1.47 bits per heavy atom. The van der Waals surface area contributed by atoms with Crippen LogP contribution < -0.4 is 10.6 Å². The van der Waals surface area contributed by atoms with Crippen LogP contribution in [-0.4, -0.2) is 18.1 Å². The number of hydrogen-bond acceptors (Lipinski definition) is 4. The molecule has 2 N–H and O–H groups in total. The van der Waals surface area contributed by atoms with Crippen LogP contribution in [0.15, 0.2) is 29.0 Å². The highest BCUT2D eigenvalue weighted by Crippen LogP contribution is 2.21. The predicted molar refractivity (Wildman–Crippen MR) is 73.4 cm³/mol. The minimum atomic E-state index is -0.188. The number of rotatable bonds is 4. The number of aryl methyl sites for hydroxylation is 1. The van der Waals surface area contributed by atoms with Gasteiger partial charge in [0.2, 0.25) is 0 Å². The summed E-state index contributed by atoms with van der Waals surface area (Å²) in [4.78, 5) is 11.8. The van der Waals surface area contributed by atoms with E-state index in [1.807, 2.05) is 6.92 Å². The zero-order chi connectivity index (χ0) is 13.8. The fourth-order valence-corrected chi connectivity index (χ4v) is 1.84. The van der Waals surface area contributed by atoms with Crippen LogP contribution in [-0.2, 0) is 6.54 Å². The first-order chi connectivity index (χ1) is 9.11. The van der Waals surface area contributed by atoms with Crippen LogP contribution in [0, 0.1) is 6.92 Å². The van der Waals surface area contributed by atoms with Crippen molar-refractivity contribution in [2.45, 2.75) is 13.5 Å². The second-order valence-corrected chi connectivity index (χ2v) is 4.48. The van der Waals surface area contributed by atoms with Crippen molar-refractivity contribution < 1.29 is 9.32 Å². The number of hydrogen-bond donors (Lipinski definition) is 2. The van der Waals surface area contributed by atoms with Gasteiger partial charge >= 0.3 is 0 Å². The second-order valence-electron chi connectivity index (χ2n) is 4.05. The Balaban J connectivity index is 2.20. The number of amides is 1. The highest BCUT2D eigenvalue weighted by molar-refractivity contribution is 6.31. The second kappa shape index (κ2) is 5.75. The topological polar surface area (TPSA) is 67.2 Å². The fourth-order valence-electron chi connectivity index (χ4n) is 1.67. The van der Waals surface area contributed by atoms with Crippen LogP contribution >= 0.6 is 11.6 Å². The normalized spacial score (nSPS) is 10.3. The third-order valence-corrected chi connectivity index (χ3v) is 3.01. The van der Waals surface area contributed by atoms with Crippen molar-refractivity contribution in [3.63, 3.8) is 0 Å². The lowest BCUT2D eigenvalue weighted by Crippen LogP contribution is -2.19. The van der Waals surface area contributed by atoms with Gasteiger partial charge in [0, 0.05) is 29.9 Å². The van der Waals surface area contributed by atoms with Gasteiger partial charge in [-0.3, -0.25) is 4.79 Å². The Bertz CT molecular complexity index is 595. The maximum absolute atomic E-state index is 11.8. The molecule has 0 unspecified atom stereocenters. The Morgan fingerprint density at radius 3 is 2.89 bits per heavy atom. The molecule has 0 radical (unpaired) electrons. The molecule has 0 saturated carbocycles. The van der Waals surface area contributed by atoms with E-state index in [1.165, 1.54) is 0 Å². The maximum Gasteiger partial charge on any atom is 0.253 e. The molecule has 0 aliphatic heterocycles. The smallest absolute Gasteiger partial charge is 0.253 e. The number of carbonyl (C=O) groups excluding carboxylic acids is 1. The molecule has 2 aromatic rings. The van der Waals surface area contributed by atoms with E-state index in [0.717, 1.165) is 11.3 Å². The monoisotopic (exact) mass is 279 g/mol. The molecule has 1 aromatic carbocycles. The van der Waals surface area contributed by atoms with Crippen LogP contribution in [0.5, 0.6) is 0 Å². The van der Waals surface area contributed by atoms with Gasteiger partial charge in [-0.2, -0.15) is 0 Å². The first kappa shape index (κ1) is 13.4. The summed E-state index contributed by atoms with van der Waals surface area (Å²) in [5, 5.41) is 10.1. The molecule has 1 amide bonds. The van der Waals surface area contributed by atoms with Crippen molar-refractivity contribution in [3.05, 3.63) is 46.3 Å². The van der Waals surface area contributed by atoms with Crippen molar-refractivity contribution in [3.8, 4) is 0 Å². The molecule has 0 saturated heterocycles. The molecule has 0 bridgehead atoms. The molecule has 19 heavy (non-hydrogen) atoms. The van der Waals surface area contributed by atoms with Gasteiger partial charge in [-0.05, 0) is 25.1 Å². The minimum Gasteiger partial charge on any atom is -0.380 e. The number of nitrogens with zero attached hydrogens (tertiary/aromatic N) is 1. The van der Waals surface area contributed by atoms with Crippen molar-refractivity contribution in [1.29, 1.82) is 0 Å². The van der Waals surface area contributed by atoms with Crippen molar-refractivity contribution in [2.24, 2.45) is 0 Å². The minimum absolute atomic E-state index is 0.188. The van der Waals surface area contributed by atoms with E-state index >= 15 is 0 Å². The summed E-state index contributed by atoms with van der Waals surface area (Å²) in [7, 11) is 1.58. The van der Waals surface area contributed by atoms with E-state index in [4.69, 9.17) is 16.1 Å². The number of nitrogens with one attached hydrogen (secondary N) is 2. The largest absolute Gasteiger partial charge is 0.380 e. The molecule has 2 rings (SSSR count). The predicted octanol–water partition coefficient (Wildman–Crippen LogP) is 2.61. The molecular formula is C13H14ClN3O2. The molecule has 0 atom stereocenters. The summed E-state index contributed by atoms with van der Waals surface area (Å²) in [6.07, 6.45) is 1.58. The van der Waals surface area contributed by atoms with Gasteiger partial charge in [0.1, 0.15) is 6.26 Å². The summed E-state index contributed by atoms with van der Waals surface area (Å²) < 4.78 is 4.86. The lowest BCUT2D eigenvalue weighted by Gasteiger charge is -2.11. The van der Waals surface area contributed by atoms with Gasteiger partial charge in [0.15, 0.2) is 0 Å². The first-order valence-electron chi connectivity index (χ1n) is 5.77. The van der Waals surface area contributed by atoms with E-state index in [2.05, 4.69) is 15.8 Å². The third-order valence-electron chi connectivity index (χ3n) is 2.77. The number of anilines is 1. The number of aromatic nitrogens is 1. The van der Waals surface area contributed by atoms with Crippen LogP contribution in [0.1, 0.15) is 21.6 Å². The van der Waals surface area contributed by atoms with E-state index in [1.54, 1.807) is 31.5 Å². The van der Waals surface area contributed by atoms with E-state index in [0.29, 0.717) is 22.8 Å². The summed E-state index contributed by atoms with van der Waals surface area (Å²) in [5.74, 6) is -0.188. The number of benzene rings is 1. The quantitative estimate of drug-likeness (QED) is 0.903. The molecule has 0 spiro atoms. The standard InChI is InChI=1S/C13H14ClN3O2/c1-8-9(7-19-17-8)6-16-12-4-3-10(14)5-11(12)13(18)15-2/h3-5,7,16H,6H2,1-2H3,(H,15,18). The Hall–Kier alpha value is -2.01. The lowest BCUT2D eigenvalue weighted by atomic mass is 10.1. The maximum atomic E-state index is 11.8. The molecule has 1 aromatic heterocycles. The average Bonchev–Trinajstić information content (AvgIpc) is 2.82. The number of carbonyl (C=O) groups is 1. The Labute approximate surface area is 115 Å². The zero-order valence-electron chi connectivity index (χ0n) is 10.7. The highest BCUT2D eigenvalue weighted by atomic mass is 35.5. The Morgan fingerprint density at radius 2 is 2.26 bits per heavy atom. The highest BCUT2D eigenvalue weighted by Gasteiger charge is 2.11. The van der Waals surface area contributed by atoms with E-state index in [9.17, 15) is 4.79 Å². The molecule has 6 heteroatoms. The first-order valence-corrected chi connectivity index (χ1v) is 6.15. The van der Waals surface area contributed by atoms with Gasteiger partial charge in [-0.25, -0.2) is 0 Å². The van der Waals surface area contributed by atoms with Gasteiger partial charge < -0.3 is 15.2 Å². The van der Waals surface area contributed by atoms with Gasteiger partial charge in [0.05, 0.1) is 11.3 Å². The fraction of sp³-hybridized carbons (Fsp3) is 0.231. The third kappa shape index (κ3) is 3.06. The molecule has 0 aliphatic carbocycles. The van der Waals surface area contributed by atoms with E-state index < -0.39 is 0 Å². The van der Waals surface area contributed by atoms with Gasteiger partial charge in [-0.15, -0.1) is 0 Å². The van der Waals surface area contributed by atoms with Crippen molar-refractivity contribution in [2.75, 3.05) is 12.4 Å². The van der Waals surface area contributed by atoms with Gasteiger partial charge in [0.25, 0.3) is 5.91 Å². The molecule has 100 valence electrons. The molecule has 1 heterocycles. The molecule has 5 nitrogen and oxygen atoms in total. The molecule has 0 aliphatic rings. The molecular weight excluding hydrogens is 266 g/mol. The SMILES string of the molecule is CNC(=O)c1cc(Cl)ccc1NCc1conc1C. The Kier molecular flexibility index (Phi) is 4.06. The summed E-state index contributed by atoms with van der Waals surface area (Å²) in [6.45, 7) is 2.39. The van der Waals surface area contributed by atoms with Crippen molar-refractivity contribution in [1.82, 2.24) is 10.5 Å². The van der Waals surface area contributed by atoms with Crippen LogP contribution in [0.25, 0.3) is 0 Å². The lowest BCUT2D eigenvalue weighted by molar-refractivity contribution is 0.0964. The summed E-state index contributed by atoms with van der Waals surface area (Å²) in [5.41, 5.74) is 2.98. The zero-order valence-corrected chi connectivity index (χ0v) is 11.4. The average molecular weight is 280 g/mol. The van der Waals surface area contributed by atoms with Crippen LogP contribution in [0.2, 0.25) is 5.02 Å². The van der Waals surface area contributed by atoms with Crippen LogP contribution in [0.4, 0.5) is 5.69 Å².